The fourth-order valence-electron chi connectivity index (χ4n) is 2.61. The van der Waals surface area contributed by atoms with Crippen LogP contribution in [0.1, 0.15) is 35.8 Å². The zero-order chi connectivity index (χ0) is 17.3. The minimum Gasteiger partial charge on any atom is -0.321 e. The van der Waals surface area contributed by atoms with E-state index in [2.05, 4.69) is 24.3 Å². The number of nitrogens with one attached hydrogen (secondary N) is 1. The Morgan fingerprint density at radius 1 is 1.04 bits per heavy atom. The molecule has 2 aromatic carbocycles. The molecule has 24 heavy (non-hydrogen) atoms. The van der Waals surface area contributed by atoms with Gasteiger partial charge in [0.2, 0.25) is 0 Å². The van der Waals surface area contributed by atoms with Gasteiger partial charge in [-0.25, -0.2) is 4.68 Å². The van der Waals surface area contributed by atoms with Crippen LogP contribution < -0.4 is 10.9 Å². The summed E-state index contributed by atoms with van der Waals surface area (Å²) in [5.74, 6) is 0.100. The highest BCUT2D eigenvalue weighted by Crippen LogP contribution is 2.19. The molecule has 0 aliphatic carbocycles. The molecule has 0 fully saturated rings. The molecule has 122 valence electrons. The topological polar surface area (TPSA) is 64.0 Å². The van der Waals surface area contributed by atoms with E-state index in [0.29, 0.717) is 22.4 Å². The van der Waals surface area contributed by atoms with Crippen molar-refractivity contribution in [2.75, 3.05) is 5.32 Å². The van der Waals surface area contributed by atoms with Gasteiger partial charge in [-0.2, -0.15) is 5.10 Å². The van der Waals surface area contributed by atoms with Crippen LogP contribution in [-0.4, -0.2) is 15.7 Å². The molecule has 5 nitrogen and oxygen atoms in total. The molecule has 1 N–H and O–H groups in total. The molecule has 0 aliphatic heterocycles. The van der Waals surface area contributed by atoms with Crippen LogP contribution in [0.4, 0.5) is 5.69 Å². The van der Waals surface area contributed by atoms with Crippen molar-refractivity contribution in [3.05, 3.63) is 70.1 Å². The summed E-state index contributed by atoms with van der Waals surface area (Å²) in [4.78, 5) is 24.8. The average Bonchev–Trinajstić information content (AvgIpc) is 2.58. The number of benzene rings is 2. The standard InChI is InChI=1S/C19H19N3O2/c1-12(2)13-8-10-14(11-9-13)20-18(23)17-15-6-4-5-7-16(15)19(24)22(3)21-17/h4-12H,1-3H3,(H,20,23). The Labute approximate surface area is 139 Å². The first-order chi connectivity index (χ1) is 11.5. The SMILES string of the molecule is CC(C)c1ccc(NC(=O)c2nn(C)c(=O)c3ccccc23)cc1. The Bertz CT molecular complexity index is 957. The number of amides is 1. The predicted octanol–water partition coefficient (Wildman–Crippen LogP) is 3.31. The number of carbonyl (C=O) groups excluding carboxylic acids is 1. The second kappa shape index (κ2) is 6.28. The molecule has 0 saturated heterocycles. The molecular formula is C19H19N3O2. The summed E-state index contributed by atoms with van der Waals surface area (Å²) in [6.45, 7) is 4.24. The highest BCUT2D eigenvalue weighted by Gasteiger charge is 2.15. The van der Waals surface area contributed by atoms with E-state index < -0.39 is 0 Å². The Kier molecular flexibility index (Phi) is 4.16. The summed E-state index contributed by atoms with van der Waals surface area (Å²) in [5, 5.41) is 8.02. The molecular weight excluding hydrogens is 302 g/mol. The van der Waals surface area contributed by atoms with E-state index in [1.165, 1.54) is 10.2 Å². The number of aryl methyl sites for hydroxylation is 1. The van der Waals surface area contributed by atoms with Crippen molar-refractivity contribution in [1.29, 1.82) is 0 Å². The van der Waals surface area contributed by atoms with Crippen molar-refractivity contribution in [1.82, 2.24) is 9.78 Å². The molecule has 3 aromatic rings. The minimum absolute atomic E-state index is 0.219. The predicted molar refractivity (Wildman–Crippen MR) is 95.5 cm³/mol. The molecule has 0 bridgehead atoms. The third kappa shape index (κ3) is 2.93. The van der Waals surface area contributed by atoms with Crippen molar-refractivity contribution < 1.29 is 4.79 Å². The van der Waals surface area contributed by atoms with Crippen molar-refractivity contribution in [2.45, 2.75) is 19.8 Å². The normalized spacial score (nSPS) is 11.0. The highest BCUT2D eigenvalue weighted by atomic mass is 16.2. The third-order valence-electron chi connectivity index (χ3n) is 4.01. The molecule has 3 rings (SSSR count). The van der Waals surface area contributed by atoms with E-state index in [-0.39, 0.29) is 17.2 Å². The van der Waals surface area contributed by atoms with E-state index >= 15 is 0 Å². The number of nitrogens with zero attached hydrogens (tertiary/aromatic N) is 2. The summed E-state index contributed by atoms with van der Waals surface area (Å²) in [7, 11) is 1.54. The Balaban J connectivity index is 1.97. The molecule has 0 spiro atoms. The minimum atomic E-state index is -0.334. The lowest BCUT2D eigenvalue weighted by Crippen LogP contribution is -2.25. The first-order valence-electron chi connectivity index (χ1n) is 7.84. The van der Waals surface area contributed by atoms with E-state index in [1.54, 1.807) is 31.3 Å². The molecule has 0 radical (unpaired) electrons. The van der Waals surface area contributed by atoms with Crippen LogP contribution in [0.25, 0.3) is 10.8 Å². The summed E-state index contributed by atoms with van der Waals surface area (Å²) < 4.78 is 1.19. The van der Waals surface area contributed by atoms with Crippen LogP contribution in [0.2, 0.25) is 0 Å². The van der Waals surface area contributed by atoms with Crippen molar-refractivity contribution in [3.63, 3.8) is 0 Å². The number of hydrogen-bond donors (Lipinski definition) is 1. The zero-order valence-corrected chi connectivity index (χ0v) is 13.9. The van der Waals surface area contributed by atoms with Gasteiger partial charge in [0.25, 0.3) is 11.5 Å². The molecule has 0 aliphatic rings. The van der Waals surface area contributed by atoms with Crippen molar-refractivity contribution in [3.8, 4) is 0 Å². The second-order valence-electron chi connectivity index (χ2n) is 6.05. The van der Waals surface area contributed by atoms with Crippen LogP contribution in [0.15, 0.2) is 53.3 Å². The zero-order valence-electron chi connectivity index (χ0n) is 13.9. The first kappa shape index (κ1) is 15.9. The fraction of sp³-hybridized carbons (Fsp3) is 0.211. The Hall–Kier alpha value is -2.95. The fourth-order valence-corrected chi connectivity index (χ4v) is 2.61. The van der Waals surface area contributed by atoms with E-state index in [9.17, 15) is 9.59 Å². The van der Waals surface area contributed by atoms with Crippen molar-refractivity contribution in [2.24, 2.45) is 7.05 Å². The van der Waals surface area contributed by atoms with Crippen LogP contribution in [0.5, 0.6) is 0 Å². The van der Waals surface area contributed by atoms with Gasteiger partial charge in [-0.15, -0.1) is 0 Å². The largest absolute Gasteiger partial charge is 0.321 e. The molecule has 0 unspecified atom stereocenters. The summed E-state index contributed by atoms with van der Waals surface area (Å²) >= 11 is 0. The van der Waals surface area contributed by atoms with Gasteiger partial charge in [0.1, 0.15) is 0 Å². The number of carbonyl (C=O) groups is 1. The van der Waals surface area contributed by atoms with E-state index in [1.807, 2.05) is 24.3 Å². The maximum absolute atomic E-state index is 12.6. The van der Waals surface area contributed by atoms with Gasteiger partial charge in [-0.05, 0) is 29.7 Å². The lowest BCUT2D eigenvalue weighted by molar-refractivity contribution is 0.102. The summed E-state index contributed by atoms with van der Waals surface area (Å²) in [6.07, 6.45) is 0. The van der Waals surface area contributed by atoms with Crippen molar-refractivity contribution >= 4 is 22.4 Å². The maximum atomic E-state index is 12.6. The molecule has 0 atom stereocenters. The first-order valence-corrected chi connectivity index (χ1v) is 7.84. The van der Waals surface area contributed by atoms with Gasteiger partial charge in [0, 0.05) is 18.1 Å². The monoisotopic (exact) mass is 321 g/mol. The molecule has 1 amide bonds. The van der Waals surface area contributed by atoms with Crippen LogP contribution >= 0.6 is 0 Å². The summed E-state index contributed by atoms with van der Waals surface area (Å²) in [6, 6.07) is 14.7. The highest BCUT2D eigenvalue weighted by molar-refractivity contribution is 6.11. The van der Waals surface area contributed by atoms with Crippen LogP contribution in [0, 0.1) is 0 Å². The van der Waals surface area contributed by atoms with Gasteiger partial charge >= 0.3 is 0 Å². The number of rotatable bonds is 3. The Morgan fingerprint density at radius 3 is 2.29 bits per heavy atom. The quantitative estimate of drug-likeness (QED) is 0.805. The van der Waals surface area contributed by atoms with E-state index in [4.69, 9.17) is 0 Å². The van der Waals surface area contributed by atoms with Gasteiger partial charge < -0.3 is 5.32 Å². The molecule has 5 heteroatoms. The number of fused-ring (bicyclic) bond motifs is 1. The maximum Gasteiger partial charge on any atom is 0.276 e. The van der Waals surface area contributed by atoms with Gasteiger partial charge in [-0.3, -0.25) is 9.59 Å². The average molecular weight is 321 g/mol. The van der Waals surface area contributed by atoms with Crippen LogP contribution in [-0.2, 0) is 7.05 Å². The number of aromatic nitrogens is 2. The Morgan fingerprint density at radius 2 is 1.67 bits per heavy atom. The number of anilines is 1. The van der Waals surface area contributed by atoms with Crippen LogP contribution in [0.3, 0.4) is 0 Å². The van der Waals surface area contributed by atoms with Gasteiger partial charge in [-0.1, -0.05) is 44.2 Å². The summed E-state index contributed by atoms with van der Waals surface area (Å²) in [5.41, 5.74) is 1.92. The number of hydrogen-bond acceptors (Lipinski definition) is 3. The van der Waals surface area contributed by atoms with E-state index in [0.717, 1.165) is 0 Å². The van der Waals surface area contributed by atoms with Gasteiger partial charge in [0.05, 0.1) is 5.39 Å². The second-order valence-corrected chi connectivity index (χ2v) is 6.05. The lowest BCUT2D eigenvalue weighted by Gasteiger charge is -2.10. The third-order valence-corrected chi connectivity index (χ3v) is 4.01. The molecule has 1 heterocycles. The molecule has 1 aromatic heterocycles. The smallest absolute Gasteiger partial charge is 0.276 e. The van der Waals surface area contributed by atoms with Gasteiger partial charge in [0.15, 0.2) is 5.69 Å². The molecule has 0 saturated carbocycles. The lowest BCUT2D eigenvalue weighted by atomic mass is 10.0.